The van der Waals surface area contributed by atoms with Crippen LogP contribution in [-0.2, 0) is 0 Å². The summed E-state index contributed by atoms with van der Waals surface area (Å²) in [6.07, 6.45) is 6.09. The largest absolute Gasteiger partial charge is 0.344 e. The Morgan fingerprint density at radius 3 is 2.63 bits per heavy atom. The SMILES string of the molecule is CN(N=O)C(=O)Nc1ccccc1C1CCCCC1. The summed E-state index contributed by atoms with van der Waals surface area (Å²) in [5, 5.41) is 6.11. The number of nitroso groups, excluding NO2 is 1. The predicted octanol–water partition coefficient (Wildman–Crippen LogP) is 3.88. The lowest BCUT2D eigenvalue weighted by Gasteiger charge is -2.24. The van der Waals surface area contributed by atoms with Gasteiger partial charge in [-0.15, -0.1) is 4.91 Å². The molecule has 1 aromatic rings. The van der Waals surface area contributed by atoms with E-state index in [1.165, 1.54) is 26.3 Å². The molecule has 102 valence electrons. The van der Waals surface area contributed by atoms with Crippen molar-refractivity contribution in [1.29, 1.82) is 0 Å². The molecule has 0 unspecified atom stereocenters. The first-order valence-electron chi connectivity index (χ1n) is 6.69. The highest BCUT2D eigenvalue weighted by atomic mass is 16.3. The summed E-state index contributed by atoms with van der Waals surface area (Å²) in [5.41, 5.74) is 1.95. The van der Waals surface area contributed by atoms with E-state index in [0.717, 1.165) is 29.1 Å². The van der Waals surface area contributed by atoms with Crippen LogP contribution in [0.25, 0.3) is 0 Å². The standard InChI is InChI=1S/C14H19N3O2/c1-17(16-19)14(18)15-13-10-6-5-9-12(13)11-7-3-2-4-8-11/h5-6,9-11H,2-4,7-8H2,1H3,(H,15,18). The minimum atomic E-state index is -0.502. The first kappa shape index (κ1) is 13.5. The third-order valence-corrected chi connectivity index (χ3v) is 3.66. The molecule has 1 N–H and O–H groups in total. The molecular formula is C14H19N3O2. The molecule has 1 aliphatic rings. The second-order valence-corrected chi connectivity index (χ2v) is 4.96. The molecule has 0 heterocycles. The summed E-state index contributed by atoms with van der Waals surface area (Å²) in [4.78, 5) is 22.0. The maximum Gasteiger partial charge on any atom is 0.344 e. The van der Waals surface area contributed by atoms with E-state index in [4.69, 9.17) is 0 Å². The lowest BCUT2D eigenvalue weighted by molar-refractivity contribution is 0.223. The summed E-state index contributed by atoms with van der Waals surface area (Å²) in [6, 6.07) is 7.30. The monoisotopic (exact) mass is 261 g/mol. The van der Waals surface area contributed by atoms with Gasteiger partial charge in [0.1, 0.15) is 0 Å². The minimum Gasteiger partial charge on any atom is -0.306 e. The van der Waals surface area contributed by atoms with E-state index in [0.29, 0.717) is 5.92 Å². The minimum absolute atomic E-state index is 0.500. The zero-order valence-corrected chi connectivity index (χ0v) is 11.1. The van der Waals surface area contributed by atoms with Crippen LogP contribution in [0.15, 0.2) is 29.6 Å². The van der Waals surface area contributed by atoms with Gasteiger partial charge < -0.3 is 5.32 Å². The van der Waals surface area contributed by atoms with Gasteiger partial charge >= 0.3 is 6.03 Å². The lowest BCUT2D eigenvalue weighted by atomic mass is 9.83. The molecule has 1 fully saturated rings. The molecule has 0 bridgehead atoms. The van der Waals surface area contributed by atoms with Gasteiger partial charge in [-0.3, -0.25) is 0 Å². The van der Waals surface area contributed by atoms with Gasteiger partial charge in [-0.05, 0) is 30.4 Å². The molecule has 5 nitrogen and oxygen atoms in total. The topological polar surface area (TPSA) is 61.8 Å². The summed E-state index contributed by atoms with van der Waals surface area (Å²) < 4.78 is 0. The van der Waals surface area contributed by atoms with Crippen molar-refractivity contribution < 1.29 is 4.79 Å². The molecule has 0 atom stereocenters. The number of hydrogen-bond donors (Lipinski definition) is 1. The number of urea groups is 1. The number of hydrogen-bond acceptors (Lipinski definition) is 3. The van der Waals surface area contributed by atoms with Crippen molar-refractivity contribution in [2.24, 2.45) is 5.29 Å². The van der Waals surface area contributed by atoms with Gasteiger partial charge in [-0.1, -0.05) is 37.5 Å². The van der Waals surface area contributed by atoms with Crippen LogP contribution >= 0.6 is 0 Å². The highest BCUT2D eigenvalue weighted by Gasteiger charge is 2.19. The first-order chi connectivity index (χ1) is 9.22. The van der Waals surface area contributed by atoms with Gasteiger partial charge in [0, 0.05) is 12.7 Å². The lowest BCUT2D eigenvalue weighted by Crippen LogP contribution is -2.27. The summed E-state index contributed by atoms with van der Waals surface area (Å²) in [5.74, 6) is 0.500. The van der Waals surface area contributed by atoms with Crippen LogP contribution in [0, 0.1) is 4.91 Å². The maximum absolute atomic E-state index is 11.7. The van der Waals surface area contributed by atoms with E-state index in [9.17, 15) is 9.70 Å². The van der Waals surface area contributed by atoms with Crippen LogP contribution < -0.4 is 5.32 Å². The number of para-hydroxylation sites is 1. The molecule has 19 heavy (non-hydrogen) atoms. The zero-order valence-electron chi connectivity index (χ0n) is 11.1. The number of carbonyl (C=O) groups is 1. The molecule has 5 heteroatoms. The number of anilines is 1. The van der Waals surface area contributed by atoms with Crippen molar-refractivity contribution >= 4 is 11.7 Å². The highest BCUT2D eigenvalue weighted by molar-refractivity contribution is 5.89. The Labute approximate surface area is 112 Å². The van der Waals surface area contributed by atoms with Crippen LogP contribution in [0.2, 0.25) is 0 Å². The van der Waals surface area contributed by atoms with E-state index in [-0.39, 0.29) is 0 Å². The summed E-state index contributed by atoms with van der Waals surface area (Å²) in [6.45, 7) is 0. The number of benzene rings is 1. The van der Waals surface area contributed by atoms with Crippen LogP contribution in [0.5, 0.6) is 0 Å². The van der Waals surface area contributed by atoms with Crippen LogP contribution in [-0.4, -0.2) is 18.1 Å². The van der Waals surface area contributed by atoms with Crippen LogP contribution in [0.3, 0.4) is 0 Å². The molecule has 2 rings (SSSR count). The molecule has 0 radical (unpaired) electrons. The summed E-state index contributed by atoms with van der Waals surface area (Å²) >= 11 is 0. The van der Waals surface area contributed by atoms with Crippen molar-refractivity contribution in [3.63, 3.8) is 0 Å². The highest BCUT2D eigenvalue weighted by Crippen LogP contribution is 2.36. The van der Waals surface area contributed by atoms with Gasteiger partial charge in [-0.25, -0.2) is 4.79 Å². The predicted molar refractivity (Wildman–Crippen MR) is 74.8 cm³/mol. The third kappa shape index (κ3) is 3.30. The van der Waals surface area contributed by atoms with Crippen molar-refractivity contribution in [2.45, 2.75) is 38.0 Å². The van der Waals surface area contributed by atoms with Crippen molar-refractivity contribution in [1.82, 2.24) is 5.01 Å². The van der Waals surface area contributed by atoms with Crippen LogP contribution in [0.1, 0.15) is 43.6 Å². The summed E-state index contributed by atoms with van der Waals surface area (Å²) in [7, 11) is 1.34. The van der Waals surface area contributed by atoms with E-state index >= 15 is 0 Å². The van der Waals surface area contributed by atoms with Gasteiger partial charge in [0.05, 0.1) is 5.29 Å². The van der Waals surface area contributed by atoms with E-state index < -0.39 is 6.03 Å². The Hall–Kier alpha value is -1.91. The Kier molecular flexibility index (Phi) is 4.49. The quantitative estimate of drug-likeness (QED) is 0.663. The van der Waals surface area contributed by atoms with Crippen molar-refractivity contribution in [3.8, 4) is 0 Å². The molecule has 1 aliphatic carbocycles. The molecule has 0 spiro atoms. The Bertz CT molecular complexity index is 456. The molecule has 0 aromatic heterocycles. The number of carbonyl (C=O) groups excluding carboxylic acids is 1. The van der Waals surface area contributed by atoms with E-state index in [2.05, 4.69) is 16.7 Å². The van der Waals surface area contributed by atoms with E-state index in [1.807, 2.05) is 18.2 Å². The number of nitrogens with one attached hydrogen (secondary N) is 1. The molecule has 0 aliphatic heterocycles. The van der Waals surface area contributed by atoms with Gasteiger partial charge in [-0.2, -0.15) is 5.01 Å². The fourth-order valence-corrected chi connectivity index (χ4v) is 2.61. The third-order valence-electron chi connectivity index (χ3n) is 3.66. The molecule has 1 aromatic carbocycles. The second-order valence-electron chi connectivity index (χ2n) is 4.96. The normalized spacial score (nSPS) is 15.8. The Morgan fingerprint density at radius 2 is 1.95 bits per heavy atom. The molecule has 1 saturated carbocycles. The fourth-order valence-electron chi connectivity index (χ4n) is 2.61. The second kappa shape index (κ2) is 6.31. The van der Waals surface area contributed by atoms with Gasteiger partial charge in [0.2, 0.25) is 0 Å². The fraction of sp³-hybridized carbons (Fsp3) is 0.500. The Balaban J connectivity index is 2.16. The average molecular weight is 261 g/mol. The molecular weight excluding hydrogens is 242 g/mol. The van der Waals surface area contributed by atoms with Gasteiger partial charge in [0.25, 0.3) is 0 Å². The smallest absolute Gasteiger partial charge is 0.306 e. The number of rotatable bonds is 3. The number of amides is 2. The first-order valence-corrected chi connectivity index (χ1v) is 6.69. The van der Waals surface area contributed by atoms with Gasteiger partial charge in [0.15, 0.2) is 0 Å². The van der Waals surface area contributed by atoms with E-state index in [1.54, 1.807) is 0 Å². The molecule has 0 saturated heterocycles. The van der Waals surface area contributed by atoms with Crippen molar-refractivity contribution in [3.05, 3.63) is 34.7 Å². The van der Waals surface area contributed by atoms with Crippen LogP contribution in [0.4, 0.5) is 10.5 Å². The average Bonchev–Trinajstić information content (AvgIpc) is 2.47. The molecule has 2 amide bonds. The zero-order chi connectivity index (χ0) is 13.7. The van der Waals surface area contributed by atoms with Crippen molar-refractivity contribution in [2.75, 3.05) is 12.4 Å². The Morgan fingerprint density at radius 1 is 1.26 bits per heavy atom. The maximum atomic E-state index is 11.7. The number of nitrogens with zero attached hydrogens (tertiary/aromatic N) is 2.